The average Bonchev–Trinajstić information content (AvgIpc) is 3.05. The number of nitrogens with one attached hydrogen (secondary N) is 1. The van der Waals surface area contributed by atoms with Crippen molar-refractivity contribution in [2.75, 3.05) is 151 Å². The van der Waals surface area contributed by atoms with Gasteiger partial charge in [-0.2, -0.15) is 0 Å². The van der Waals surface area contributed by atoms with E-state index >= 15 is 0 Å². The maximum Gasteiger partial charge on any atom is 0.317 e. The molecule has 0 radical (unpaired) electrons. The largest absolute Gasteiger partial charge is 0.480 e. The van der Waals surface area contributed by atoms with Crippen LogP contribution in [0.1, 0.15) is 6.92 Å². The normalized spacial score (nSPS) is 20.2. The second kappa shape index (κ2) is 24.4. The van der Waals surface area contributed by atoms with E-state index in [1.54, 1.807) is 36.3 Å². The van der Waals surface area contributed by atoms with Gasteiger partial charge in [-0.15, -0.1) is 0 Å². The van der Waals surface area contributed by atoms with Gasteiger partial charge in [-0.1, -0.05) is 0 Å². The van der Waals surface area contributed by atoms with E-state index in [-0.39, 0.29) is 151 Å². The van der Waals surface area contributed by atoms with E-state index in [1.807, 2.05) is 9.80 Å². The molecule has 0 aromatic carbocycles. The van der Waals surface area contributed by atoms with Crippen LogP contribution in [0.2, 0.25) is 0 Å². The molecule has 0 aliphatic carbocycles. The molecule has 0 spiro atoms. The Balaban J connectivity index is 2.57. The lowest BCUT2D eigenvalue weighted by molar-refractivity contribution is -0.142. The van der Waals surface area contributed by atoms with Gasteiger partial charge in [0.15, 0.2) is 0 Å². The van der Waals surface area contributed by atoms with E-state index in [2.05, 4.69) is 5.32 Å². The standard InChI is InChI=1S/C32H57N9O13/c1-2-33-31(54)32(40-15-11-36(21-27(46)47)7-3-34(19-25(42)43)4-8-37(12-16-40)22-28(48)49)41-17-13-38(23-29(50)51)9-5-35(20-26(44)45)6-10-39(14-18-41)24-30(52)53/h32H,2-24H2,1H3,(H,33,54)(H,42,43)(H,44,45)(H,46,47)(H,48,49)(H,50,51)(H,52,53). The summed E-state index contributed by atoms with van der Waals surface area (Å²) in [5, 5.41) is 60.5. The fourth-order valence-corrected chi connectivity index (χ4v) is 6.52. The van der Waals surface area contributed by atoms with E-state index in [0.717, 1.165) is 0 Å². The summed E-state index contributed by atoms with van der Waals surface area (Å²) in [4.78, 5) is 98.0. The molecule has 2 heterocycles. The van der Waals surface area contributed by atoms with Gasteiger partial charge in [-0.3, -0.25) is 72.8 Å². The van der Waals surface area contributed by atoms with Gasteiger partial charge in [0, 0.05) is 111 Å². The van der Waals surface area contributed by atoms with Crippen LogP contribution in [0.25, 0.3) is 0 Å². The number of rotatable bonds is 16. The molecular weight excluding hydrogens is 718 g/mol. The molecule has 7 N–H and O–H groups in total. The Morgan fingerprint density at radius 1 is 0.389 bits per heavy atom. The molecule has 0 unspecified atom stereocenters. The maximum atomic E-state index is 14.1. The minimum atomic E-state index is -1.10. The van der Waals surface area contributed by atoms with Crippen molar-refractivity contribution in [3.8, 4) is 0 Å². The number of carboxylic acid groups (broad SMARTS) is 6. The Morgan fingerprint density at radius 2 is 0.574 bits per heavy atom. The van der Waals surface area contributed by atoms with E-state index in [0.29, 0.717) is 0 Å². The number of hydrogen-bond donors (Lipinski definition) is 7. The molecule has 2 fully saturated rings. The highest BCUT2D eigenvalue weighted by atomic mass is 16.4. The number of likely N-dealkylation sites (N-methyl/N-ethyl adjacent to an activating group) is 1. The summed E-state index contributed by atoms with van der Waals surface area (Å²) in [5.74, 6) is -7.00. The first-order chi connectivity index (χ1) is 25.6. The lowest BCUT2D eigenvalue weighted by atomic mass is 10.2. The Bertz CT molecular complexity index is 1110. The smallest absolute Gasteiger partial charge is 0.317 e. The van der Waals surface area contributed by atoms with Gasteiger partial charge in [-0.05, 0) is 6.92 Å². The lowest BCUT2D eigenvalue weighted by Gasteiger charge is -2.42. The average molecular weight is 776 g/mol. The topological polar surface area (TPSA) is 279 Å². The number of aliphatic carboxylic acids is 6. The first kappa shape index (κ1) is 46.1. The highest BCUT2D eigenvalue weighted by Crippen LogP contribution is 2.12. The van der Waals surface area contributed by atoms with Crippen LogP contribution in [0, 0.1) is 0 Å². The Hall–Kier alpha value is -4.03. The second-order valence-corrected chi connectivity index (χ2v) is 13.4. The number of carbonyl (C=O) groups is 7. The van der Waals surface area contributed by atoms with Gasteiger partial charge in [0.25, 0.3) is 5.91 Å². The van der Waals surface area contributed by atoms with Crippen LogP contribution in [0.4, 0.5) is 0 Å². The van der Waals surface area contributed by atoms with Crippen molar-refractivity contribution in [1.29, 1.82) is 0 Å². The van der Waals surface area contributed by atoms with Crippen LogP contribution < -0.4 is 5.32 Å². The molecule has 308 valence electrons. The van der Waals surface area contributed by atoms with Crippen LogP contribution in [0.5, 0.6) is 0 Å². The van der Waals surface area contributed by atoms with Gasteiger partial charge < -0.3 is 36.0 Å². The first-order valence-corrected chi connectivity index (χ1v) is 18.0. The summed E-state index contributed by atoms with van der Waals surface area (Å²) in [5.41, 5.74) is 0. The minimum Gasteiger partial charge on any atom is -0.480 e. The predicted molar refractivity (Wildman–Crippen MR) is 190 cm³/mol. The SMILES string of the molecule is CCNC(=O)C(N1CCN(CC(=O)O)CCN(CC(=O)O)CCN(CC(=O)O)CC1)N1CCN(CC(=O)O)CCN(CC(=O)O)CCN(CC(=O)O)CC1. The van der Waals surface area contributed by atoms with Crippen LogP contribution in [0.15, 0.2) is 0 Å². The molecule has 2 saturated heterocycles. The molecule has 22 nitrogen and oxygen atoms in total. The summed E-state index contributed by atoms with van der Waals surface area (Å²) in [6.07, 6.45) is -1.03. The van der Waals surface area contributed by atoms with Crippen molar-refractivity contribution in [3.63, 3.8) is 0 Å². The first-order valence-electron chi connectivity index (χ1n) is 18.0. The zero-order chi connectivity index (χ0) is 40.2. The van der Waals surface area contributed by atoms with Gasteiger partial charge in [-0.25, -0.2) is 0 Å². The second-order valence-electron chi connectivity index (χ2n) is 13.4. The molecule has 2 aliphatic rings. The summed E-state index contributed by atoms with van der Waals surface area (Å²) in [6.45, 7) is 2.48. The molecule has 54 heavy (non-hydrogen) atoms. The van der Waals surface area contributed by atoms with Crippen LogP contribution in [-0.4, -0.2) is 268 Å². The van der Waals surface area contributed by atoms with Gasteiger partial charge in [0.1, 0.15) is 6.17 Å². The zero-order valence-corrected chi connectivity index (χ0v) is 31.0. The van der Waals surface area contributed by atoms with E-state index in [9.17, 15) is 64.2 Å². The third-order valence-electron chi connectivity index (χ3n) is 9.17. The fraction of sp³-hybridized carbons (Fsp3) is 0.781. The monoisotopic (exact) mass is 775 g/mol. The van der Waals surface area contributed by atoms with Crippen molar-refractivity contribution in [3.05, 3.63) is 0 Å². The van der Waals surface area contributed by atoms with Gasteiger partial charge in [0.2, 0.25) is 0 Å². The Morgan fingerprint density at radius 3 is 0.741 bits per heavy atom. The number of nitrogens with zero attached hydrogens (tertiary/aromatic N) is 8. The van der Waals surface area contributed by atoms with Crippen LogP contribution in [-0.2, 0) is 33.6 Å². The molecule has 0 saturated carbocycles. The van der Waals surface area contributed by atoms with Crippen LogP contribution in [0.3, 0.4) is 0 Å². The number of hydrogen-bond acceptors (Lipinski definition) is 15. The van der Waals surface area contributed by atoms with Gasteiger partial charge in [0.05, 0.1) is 39.3 Å². The molecule has 0 atom stereocenters. The quantitative estimate of drug-likeness (QED) is 0.0777. The maximum absolute atomic E-state index is 14.1. The van der Waals surface area contributed by atoms with Gasteiger partial charge >= 0.3 is 35.8 Å². The van der Waals surface area contributed by atoms with E-state index in [4.69, 9.17) is 0 Å². The molecular formula is C32H57N9O13. The molecule has 1 amide bonds. The molecule has 22 heteroatoms. The highest BCUT2D eigenvalue weighted by molar-refractivity contribution is 5.81. The fourth-order valence-electron chi connectivity index (χ4n) is 6.52. The predicted octanol–water partition coefficient (Wildman–Crippen LogP) is -4.60. The number of carbonyl (C=O) groups excluding carboxylic acids is 1. The van der Waals surface area contributed by atoms with Crippen molar-refractivity contribution < 1.29 is 64.2 Å². The molecule has 2 rings (SSSR count). The summed E-state index contributed by atoms with van der Waals surface area (Å²) >= 11 is 0. The highest BCUT2D eigenvalue weighted by Gasteiger charge is 2.34. The third kappa shape index (κ3) is 18.8. The number of amides is 1. The minimum absolute atomic E-state index is 0.132. The molecule has 2 aliphatic heterocycles. The summed E-state index contributed by atoms with van der Waals surface area (Å²) in [6, 6.07) is 0. The van der Waals surface area contributed by atoms with Crippen LogP contribution >= 0.6 is 0 Å². The summed E-state index contributed by atoms with van der Waals surface area (Å²) in [7, 11) is 0. The van der Waals surface area contributed by atoms with Crippen molar-refractivity contribution >= 4 is 41.7 Å². The van der Waals surface area contributed by atoms with Crippen molar-refractivity contribution in [2.24, 2.45) is 0 Å². The molecule has 0 aromatic rings. The lowest BCUT2D eigenvalue weighted by Crippen LogP contribution is -2.62. The summed E-state index contributed by atoms with van der Waals surface area (Å²) < 4.78 is 0. The van der Waals surface area contributed by atoms with E-state index in [1.165, 1.54) is 0 Å². The van der Waals surface area contributed by atoms with Crippen molar-refractivity contribution in [1.82, 2.24) is 44.5 Å². The Labute approximate surface area is 314 Å². The number of carboxylic acids is 6. The molecule has 0 aromatic heterocycles. The van der Waals surface area contributed by atoms with E-state index < -0.39 is 47.9 Å². The van der Waals surface area contributed by atoms with Crippen molar-refractivity contribution in [2.45, 2.75) is 13.1 Å². The Kier molecular flexibility index (Phi) is 20.8. The third-order valence-corrected chi connectivity index (χ3v) is 9.17. The molecule has 0 bridgehead atoms. The zero-order valence-electron chi connectivity index (χ0n) is 31.0.